The fourth-order valence-electron chi connectivity index (χ4n) is 2.52. The number of carbonyl (C=O) groups excluding carboxylic acids is 1. The molecule has 7 nitrogen and oxygen atoms in total. The first-order valence-corrected chi connectivity index (χ1v) is 7.95. The van der Waals surface area contributed by atoms with Crippen molar-refractivity contribution in [1.29, 1.82) is 0 Å². The summed E-state index contributed by atoms with van der Waals surface area (Å²) in [6, 6.07) is 1.98. The average Bonchev–Trinajstić information content (AvgIpc) is 2.95. The van der Waals surface area contributed by atoms with Crippen LogP contribution in [0, 0.1) is 5.92 Å². The highest BCUT2D eigenvalue weighted by Crippen LogP contribution is 2.21. The molecule has 2 rings (SSSR count). The number of hydrogen-bond acceptors (Lipinski definition) is 4. The minimum Gasteiger partial charge on any atom is -0.395 e. The van der Waals surface area contributed by atoms with Crippen molar-refractivity contribution < 1.29 is 9.90 Å². The van der Waals surface area contributed by atoms with Crippen LogP contribution in [0.3, 0.4) is 0 Å². The van der Waals surface area contributed by atoms with Gasteiger partial charge in [0.2, 0.25) is 0 Å². The second kappa shape index (κ2) is 7.60. The van der Waals surface area contributed by atoms with Gasteiger partial charge in [-0.3, -0.25) is 10.2 Å². The van der Waals surface area contributed by atoms with Crippen molar-refractivity contribution in [3.63, 3.8) is 0 Å². The molecule has 2 amide bonds. The predicted octanol–water partition coefficient (Wildman–Crippen LogP) is 1.24. The van der Waals surface area contributed by atoms with E-state index in [2.05, 4.69) is 36.1 Å². The normalized spacial score (nSPS) is 17.8. The van der Waals surface area contributed by atoms with Crippen molar-refractivity contribution >= 4 is 11.8 Å². The summed E-state index contributed by atoms with van der Waals surface area (Å²) in [5.41, 5.74) is 0. The molecule has 0 bridgehead atoms. The van der Waals surface area contributed by atoms with Crippen LogP contribution in [0.5, 0.6) is 0 Å². The van der Waals surface area contributed by atoms with Crippen molar-refractivity contribution in [3.05, 3.63) is 12.3 Å². The Balaban J connectivity index is 1.92. The van der Waals surface area contributed by atoms with E-state index in [4.69, 9.17) is 5.11 Å². The molecule has 124 valence electrons. The van der Waals surface area contributed by atoms with Crippen molar-refractivity contribution in [1.82, 2.24) is 19.6 Å². The third kappa shape index (κ3) is 3.98. The summed E-state index contributed by atoms with van der Waals surface area (Å²) in [6.07, 6.45) is 1.72. The van der Waals surface area contributed by atoms with E-state index < -0.39 is 0 Å². The molecular formula is C15H27N5O2. The number of urea groups is 1. The highest BCUT2D eigenvalue weighted by molar-refractivity contribution is 5.88. The van der Waals surface area contributed by atoms with Crippen LogP contribution >= 0.6 is 0 Å². The van der Waals surface area contributed by atoms with Gasteiger partial charge in [-0.1, -0.05) is 13.8 Å². The Bertz CT molecular complexity index is 480. The number of amides is 2. The smallest absolute Gasteiger partial charge is 0.323 e. The number of nitrogens with zero attached hydrogens (tertiary/aromatic N) is 4. The third-order valence-electron chi connectivity index (χ3n) is 4.33. The van der Waals surface area contributed by atoms with Crippen molar-refractivity contribution in [2.45, 2.75) is 26.8 Å². The Labute approximate surface area is 131 Å². The van der Waals surface area contributed by atoms with Crippen molar-refractivity contribution in [2.24, 2.45) is 5.92 Å². The maximum Gasteiger partial charge on any atom is 0.323 e. The quantitative estimate of drug-likeness (QED) is 0.858. The lowest BCUT2D eigenvalue weighted by atomic mass is 10.1. The summed E-state index contributed by atoms with van der Waals surface area (Å²) >= 11 is 0. The summed E-state index contributed by atoms with van der Waals surface area (Å²) in [6.45, 7) is 10.2. The van der Waals surface area contributed by atoms with Gasteiger partial charge >= 0.3 is 6.03 Å². The van der Waals surface area contributed by atoms with Gasteiger partial charge in [0.05, 0.1) is 18.8 Å². The van der Waals surface area contributed by atoms with Gasteiger partial charge in [0, 0.05) is 38.8 Å². The molecule has 0 saturated carbocycles. The number of β-amino-alcohol motifs (C(OH)–C–C–N with tert-alkyl or cyclic N) is 1. The average molecular weight is 309 g/mol. The van der Waals surface area contributed by atoms with Crippen LogP contribution in [0.2, 0.25) is 0 Å². The van der Waals surface area contributed by atoms with Crippen molar-refractivity contribution in [3.8, 4) is 0 Å². The molecule has 0 aliphatic carbocycles. The van der Waals surface area contributed by atoms with Gasteiger partial charge in [0.25, 0.3) is 0 Å². The summed E-state index contributed by atoms with van der Waals surface area (Å²) in [5, 5.41) is 16.2. The van der Waals surface area contributed by atoms with Crippen LogP contribution in [0.1, 0.15) is 26.8 Å². The Kier molecular flexibility index (Phi) is 5.79. The van der Waals surface area contributed by atoms with E-state index in [0.29, 0.717) is 25.6 Å². The molecule has 1 aliphatic heterocycles. The summed E-state index contributed by atoms with van der Waals surface area (Å²) in [5.74, 6) is 1.18. The van der Waals surface area contributed by atoms with Gasteiger partial charge in [-0.25, -0.2) is 9.48 Å². The molecule has 1 aliphatic rings. The van der Waals surface area contributed by atoms with Crippen LogP contribution in [-0.4, -0.2) is 70.0 Å². The van der Waals surface area contributed by atoms with Crippen LogP contribution in [-0.2, 0) is 0 Å². The molecule has 1 atom stereocenters. The number of aliphatic hydroxyl groups excluding tert-OH is 1. The number of anilines is 1. The van der Waals surface area contributed by atoms with E-state index in [-0.39, 0.29) is 18.7 Å². The van der Waals surface area contributed by atoms with Crippen LogP contribution in [0.25, 0.3) is 0 Å². The molecule has 2 heterocycles. The highest BCUT2D eigenvalue weighted by atomic mass is 16.3. The number of aliphatic hydroxyl groups is 1. The largest absolute Gasteiger partial charge is 0.395 e. The number of hydrogen-bond donors (Lipinski definition) is 2. The summed E-state index contributed by atoms with van der Waals surface area (Å²) < 4.78 is 1.87. The van der Waals surface area contributed by atoms with Crippen LogP contribution in [0.4, 0.5) is 10.6 Å². The molecule has 1 saturated heterocycles. The second-order valence-corrected chi connectivity index (χ2v) is 6.13. The summed E-state index contributed by atoms with van der Waals surface area (Å²) in [4.78, 5) is 16.4. The predicted molar refractivity (Wildman–Crippen MR) is 85.9 cm³/mol. The standard InChI is InChI=1S/C15H27N5O2/c1-12(2)13(3)20-14(4-5-16-20)17-15(22)19-8-6-18(7-9-19)10-11-21/h4-5,12-13,21H,6-11H2,1-3H3,(H,17,22)/t13-/m0/s1. The maximum absolute atomic E-state index is 12.4. The molecule has 1 fully saturated rings. The zero-order valence-electron chi connectivity index (χ0n) is 13.7. The molecular weight excluding hydrogens is 282 g/mol. The van der Waals surface area contributed by atoms with E-state index in [1.54, 1.807) is 6.20 Å². The van der Waals surface area contributed by atoms with Gasteiger partial charge in [-0.15, -0.1) is 0 Å². The molecule has 22 heavy (non-hydrogen) atoms. The Hall–Kier alpha value is -1.60. The van der Waals surface area contributed by atoms with E-state index >= 15 is 0 Å². The Morgan fingerprint density at radius 3 is 2.59 bits per heavy atom. The number of aromatic nitrogens is 2. The van der Waals surface area contributed by atoms with Gasteiger partial charge < -0.3 is 10.0 Å². The first kappa shape index (κ1) is 16.8. The van der Waals surface area contributed by atoms with E-state index in [0.717, 1.165) is 18.9 Å². The SMILES string of the molecule is CC(C)[C@H](C)n1nccc1NC(=O)N1CCN(CCO)CC1. The molecule has 7 heteroatoms. The van der Waals surface area contributed by atoms with Crippen LogP contribution < -0.4 is 5.32 Å². The first-order valence-electron chi connectivity index (χ1n) is 7.95. The van der Waals surface area contributed by atoms with Gasteiger partial charge in [0.15, 0.2) is 0 Å². The first-order chi connectivity index (χ1) is 10.5. The molecule has 2 N–H and O–H groups in total. The maximum atomic E-state index is 12.4. The van der Waals surface area contributed by atoms with E-state index in [9.17, 15) is 4.79 Å². The lowest BCUT2D eigenvalue weighted by Crippen LogP contribution is -2.50. The van der Waals surface area contributed by atoms with Crippen molar-refractivity contribution in [2.75, 3.05) is 44.6 Å². The van der Waals surface area contributed by atoms with E-state index in [1.807, 2.05) is 15.6 Å². The second-order valence-electron chi connectivity index (χ2n) is 6.13. The fraction of sp³-hybridized carbons (Fsp3) is 0.733. The van der Waals surface area contributed by atoms with Gasteiger partial charge in [-0.2, -0.15) is 5.10 Å². The highest BCUT2D eigenvalue weighted by Gasteiger charge is 2.22. The lowest BCUT2D eigenvalue weighted by Gasteiger charge is -2.34. The lowest BCUT2D eigenvalue weighted by molar-refractivity contribution is 0.127. The molecule has 0 unspecified atom stereocenters. The molecule has 0 radical (unpaired) electrons. The minimum absolute atomic E-state index is 0.0821. The van der Waals surface area contributed by atoms with Crippen LogP contribution in [0.15, 0.2) is 12.3 Å². The fourth-order valence-corrected chi connectivity index (χ4v) is 2.52. The number of rotatable bonds is 5. The minimum atomic E-state index is -0.0821. The Morgan fingerprint density at radius 1 is 1.32 bits per heavy atom. The zero-order valence-corrected chi connectivity index (χ0v) is 13.7. The topological polar surface area (TPSA) is 73.6 Å². The summed E-state index contributed by atoms with van der Waals surface area (Å²) in [7, 11) is 0. The number of carbonyl (C=O) groups is 1. The monoisotopic (exact) mass is 309 g/mol. The number of nitrogens with one attached hydrogen (secondary N) is 1. The van der Waals surface area contributed by atoms with Gasteiger partial charge in [-0.05, 0) is 12.8 Å². The molecule has 1 aromatic rings. The Morgan fingerprint density at radius 2 is 2.00 bits per heavy atom. The molecule has 1 aromatic heterocycles. The van der Waals surface area contributed by atoms with E-state index in [1.165, 1.54) is 0 Å². The zero-order chi connectivity index (χ0) is 16.1. The van der Waals surface area contributed by atoms with Gasteiger partial charge in [0.1, 0.15) is 5.82 Å². The molecule has 0 spiro atoms. The number of piperazine rings is 1. The molecule has 0 aromatic carbocycles. The third-order valence-corrected chi connectivity index (χ3v) is 4.33.